The van der Waals surface area contributed by atoms with Gasteiger partial charge in [-0.25, -0.2) is 0 Å². The molecule has 2 rings (SSSR count). The number of aliphatic hydroxyl groups excluding tert-OH is 2. The molecular formula is C15H25N3O3. The van der Waals surface area contributed by atoms with Gasteiger partial charge < -0.3 is 20.7 Å². The molecule has 0 amide bonds. The zero-order valence-electron chi connectivity index (χ0n) is 12.3. The third-order valence-electron chi connectivity index (χ3n) is 3.65. The maximum absolute atomic E-state index is 10.0. The van der Waals surface area contributed by atoms with Crippen LogP contribution in [0.25, 0.3) is 0 Å². The molecule has 0 radical (unpaired) electrons. The molecule has 1 fully saturated rings. The summed E-state index contributed by atoms with van der Waals surface area (Å²) in [5.74, 6) is 0.682. The van der Waals surface area contributed by atoms with E-state index in [4.69, 9.17) is 15.6 Å². The monoisotopic (exact) mass is 295 g/mol. The fraction of sp³-hybridized carbons (Fsp3) is 0.600. The van der Waals surface area contributed by atoms with E-state index in [0.29, 0.717) is 18.0 Å². The average Bonchev–Trinajstić information content (AvgIpc) is 2.48. The van der Waals surface area contributed by atoms with Crippen LogP contribution in [0.15, 0.2) is 24.3 Å². The summed E-state index contributed by atoms with van der Waals surface area (Å²) in [6.45, 7) is 5.50. The number of anilines is 1. The van der Waals surface area contributed by atoms with Crippen molar-refractivity contribution in [3.63, 3.8) is 0 Å². The first-order valence-corrected chi connectivity index (χ1v) is 7.39. The lowest BCUT2D eigenvalue weighted by Crippen LogP contribution is -2.49. The first kappa shape index (κ1) is 16.0. The number of ether oxygens (including phenoxy) is 1. The Hall–Kier alpha value is -1.34. The number of rotatable bonds is 7. The second-order valence-electron chi connectivity index (χ2n) is 5.40. The summed E-state index contributed by atoms with van der Waals surface area (Å²) in [6.07, 6.45) is -0.518. The molecule has 6 nitrogen and oxygen atoms in total. The Morgan fingerprint density at radius 3 is 2.57 bits per heavy atom. The van der Waals surface area contributed by atoms with Crippen molar-refractivity contribution >= 4 is 5.69 Å². The van der Waals surface area contributed by atoms with Gasteiger partial charge in [-0.1, -0.05) is 6.07 Å². The van der Waals surface area contributed by atoms with Crippen LogP contribution >= 0.6 is 0 Å². The minimum absolute atomic E-state index is 0.205. The number of hydrogen-bond donors (Lipinski definition) is 3. The number of nitrogens with two attached hydrogens (primary N) is 1. The highest BCUT2D eigenvalue weighted by Crippen LogP contribution is 2.14. The molecule has 1 aromatic rings. The van der Waals surface area contributed by atoms with Gasteiger partial charge in [-0.2, -0.15) is 0 Å². The lowest BCUT2D eigenvalue weighted by molar-refractivity contribution is 0.0428. The quantitative estimate of drug-likeness (QED) is 0.595. The maximum atomic E-state index is 10.0. The molecule has 4 N–H and O–H groups in total. The molecule has 1 heterocycles. The van der Waals surface area contributed by atoms with E-state index in [2.05, 4.69) is 9.80 Å². The fourth-order valence-electron chi connectivity index (χ4n) is 2.48. The van der Waals surface area contributed by atoms with Gasteiger partial charge in [-0.05, 0) is 12.1 Å². The van der Waals surface area contributed by atoms with Crippen LogP contribution in [0.2, 0.25) is 0 Å². The Morgan fingerprint density at radius 1 is 1.19 bits per heavy atom. The van der Waals surface area contributed by atoms with E-state index in [1.165, 1.54) is 0 Å². The third kappa shape index (κ3) is 5.51. The van der Waals surface area contributed by atoms with Crippen molar-refractivity contribution in [3.8, 4) is 5.75 Å². The summed E-state index contributed by atoms with van der Waals surface area (Å²) in [5.41, 5.74) is 6.33. The number of benzene rings is 1. The molecule has 0 aromatic heterocycles. The topological polar surface area (TPSA) is 82.2 Å². The van der Waals surface area contributed by atoms with Crippen LogP contribution in [0.1, 0.15) is 0 Å². The molecule has 1 unspecified atom stereocenters. The van der Waals surface area contributed by atoms with E-state index in [1.54, 1.807) is 12.1 Å². The Bertz CT molecular complexity index is 422. The van der Waals surface area contributed by atoms with Crippen molar-refractivity contribution in [2.75, 3.05) is 58.2 Å². The molecule has 0 bridgehead atoms. The smallest absolute Gasteiger partial charge is 0.121 e. The zero-order valence-corrected chi connectivity index (χ0v) is 12.3. The van der Waals surface area contributed by atoms with Gasteiger partial charge in [0.1, 0.15) is 18.5 Å². The minimum Gasteiger partial charge on any atom is -0.491 e. The van der Waals surface area contributed by atoms with E-state index in [9.17, 15) is 5.11 Å². The highest BCUT2D eigenvalue weighted by Gasteiger charge is 2.19. The summed E-state index contributed by atoms with van der Waals surface area (Å²) in [7, 11) is 0. The average molecular weight is 295 g/mol. The number of piperazine rings is 1. The predicted molar refractivity (Wildman–Crippen MR) is 82.3 cm³/mol. The first-order valence-electron chi connectivity index (χ1n) is 7.39. The van der Waals surface area contributed by atoms with Crippen LogP contribution < -0.4 is 10.5 Å². The molecule has 1 atom stereocenters. The van der Waals surface area contributed by atoms with E-state index >= 15 is 0 Å². The molecule has 0 spiro atoms. The summed E-state index contributed by atoms with van der Waals surface area (Å²) in [5, 5.41) is 19.0. The minimum atomic E-state index is -0.518. The van der Waals surface area contributed by atoms with Gasteiger partial charge in [0.15, 0.2) is 0 Å². The lowest BCUT2D eigenvalue weighted by atomic mass is 10.2. The largest absolute Gasteiger partial charge is 0.491 e. The standard InChI is InChI=1S/C15H25N3O3/c16-13-2-1-3-15(10-13)21-12-14(20)11-18-6-4-17(5-7-18)8-9-19/h1-3,10,14,19-20H,4-9,11-12,16H2. The van der Waals surface area contributed by atoms with Crippen molar-refractivity contribution in [2.24, 2.45) is 0 Å². The summed E-state index contributed by atoms with van der Waals surface area (Å²) in [4.78, 5) is 4.45. The molecule has 1 aliphatic rings. The Kier molecular flexibility index (Phi) is 6.25. The van der Waals surface area contributed by atoms with Crippen LogP contribution in [0.5, 0.6) is 5.75 Å². The maximum Gasteiger partial charge on any atom is 0.121 e. The Morgan fingerprint density at radius 2 is 1.90 bits per heavy atom. The molecular weight excluding hydrogens is 270 g/mol. The molecule has 1 aromatic carbocycles. The number of hydrogen-bond acceptors (Lipinski definition) is 6. The van der Waals surface area contributed by atoms with E-state index in [0.717, 1.165) is 32.7 Å². The van der Waals surface area contributed by atoms with Crippen LogP contribution in [0.4, 0.5) is 5.69 Å². The molecule has 21 heavy (non-hydrogen) atoms. The second kappa shape index (κ2) is 8.19. The van der Waals surface area contributed by atoms with Gasteiger partial charge in [-0.15, -0.1) is 0 Å². The number of nitrogen functional groups attached to an aromatic ring is 1. The number of β-amino-alcohol motifs (C(OH)–C–C–N with tert-alkyl or cyclic N) is 2. The van der Waals surface area contributed by atoms with Crippen molar-refractivity contribution in [3.05, 3.63) is 24.3 Å². The fourth-order valence-corrected chi connectivity index (χ4v) is 2.48. The SMILES string of the molecule is Nc1cccc(OCC(O)CN2CCN(CCO)CC2)c1. The number of nitrogens with zero attached hydrogens (tertiary/aromatic N) is 2. The molecule has 1 saturated heterocycles. The van der Waals surface area contributed by atoms with Crippen molar-refractivity contribution in [1.82, 2.24) is 9.80 Å². The highest BCUT2D eigenvalue weighted by atomic mass is 16.5. The highest BCUT2D eigenvalue weighted by molar-refractivity contribution is 5.43. The normalized spacial score (nSPS) is 18.6. The van der Waals surface area contributed by atoms with Crippen LogP contribution in [0, 0.1) is 0 Å². The van der Waals surface area contributed by atoms with Gasteiger partial charge >= 0.3 is 0 Å². The summed E-state index contributed by atoms with van der Waals surface area (Å²) >= 11 is 0. The van der Waals surface area contributed by atoms with Crippen LogP contribution in [-0.2, 0) is 0 Å². The van der Waals surface area contributed by atoms with Crippen LogP contribution in [0.3, 0.4) is 0 Å². The van der Waals surface area contributed by atoms with Crippen molar-refractivity contribution in [1.29, 1.82) is 0 Å². The molecule has 0 saturated carbocycles. The third-order valence-corrected chi connectivity index (χ3v) is 3.65. The summed E-state index contributed by atoms with van der Waals surface area (Å²) < 4.78 is 5.55. The number of aliphatic hydroxyl groups is 2. The van der Waals surface area contributed by atoms with Gasteiger partial charge in [0, 0.05) is 51.0 Å². The molecule has 6 heteroatoms. The van der Waals surface area contributed by atoms with Crippen LogP contribution in [-0.4, -0.2) is 78.6 Å². The summed E-state index contributed by atoms with van der Waals surface area (Å²) in [6, 6.07) is 7.21. The van der Waals surface area contributed by atoms with Crippen molar-refractivity contribution < 1.29 is 14.9 Å². The van der Waals surface area contributed by atoms with Gasteiger partial charge in [0.05, 0.1) is 6.61 Å². The lowest BCUT2D eigenvalue weighted by Gasteiger charge is -2.35. The molecule has 118 valence electrons. The Labute approximate surface area is 125 Å². The van der Waals surface area contributed by atoms with E-state index in [1.807, 2.05) is 12.1 Å². The van der Waals surface area contributed by atoms with E-state index in [-0.39, 0.29) is 13.2 Å². The molecule has 0 aliphatic carbocycles. The Balaban J connectivity index is 1.67. The molecule has 1 aliphatic heterocycles. The zero-order chi connectivity index (χ0) is 15.1. The van der Waals surface area contributed by atoms with Gasteiger partial charge in [-0.3, -0.25) is 9.80 Å². The van der Waals surface area contributed by atoms with Gasteiger partial charge in [0.2, 0.25) is 0 Å². The second-order valence-corrected chi connectivity index (χ2v) is 5.40. The predicted octanol–water partition coefficient (Wildman–Crippen LogP) is -0.382. The first-order chi connectivity index (χ1) is 10.2. The van der Waals surface area contributed by atoms with Gasteiger partial charge in [0.25, 0.3) is 0 Å². The van der Waals surface area contributed by atoms with Crippen molar-refractivity contribution in [2.45, 2.75) is 6.10 Å². The van der Waals surface area contributed by atoms with E-state index < -0.39 is 6.10 Å².